The van der Waals surface area contributed by atoms with E-state index in [-0.39, 0.29) is 5.56 Å². The summed E-state index contributed by atoms with van der Waals surface area (Å²) in [5.74, 6) is 0.429. The fourth-order valence-corrected chi connectivity index (χ4v) is 4.79. The minimum absolute atomic E-state index is 0.0365. The lowest BCUT2D eigenvalue weighted by atomic mass is 10.1. The molecule has 0 saturated carbocycles. The van der Waals surface area contributed by atoms with E-state index in [2.05, 4.69) is 0 Å². The van der Waals surface area contributed by atoms with Crippen LogP contribution in [0.2, 0.25) is 0 Å². The summed E-state index contributed by atoms with van der Waals surface area (Å²) in [6.45, 7) is 4.84. The molecule has 2 heterocycles. The fraction of sp³-hybridized carbons (Fsp3) is 0.368. The van der Waals surface area contributed by atoms with Gasteiger partial charge in [0.25, 0.3) is 5.56 Å². The third kappa shape index (κ3) is 3.86. The first-order valence-electron chi connectivity index (χ1n) is 8.38. The van der Waals surface area contributed by atoms with Gasteiger partial charge in [-0.15, -0.1) is 11.3 Å². The lowest BCUT2D eigenvalue weighted by molar-refractivity contribution is 0.183. The van der Waals surface area contributed by atoms with Gasteiger partial charge in [-0.05, 0) is 25.0 Å². The molecular weight excluding hydrogens is 368 g/mol. The van der Waals surface area contributed by atoms with Crippen molar-refractivity contribution in [3.05, 3.63) is 56.7 Å². The average molecular weight is 391 g/mol. The second-order valence-corrected chi connectivity index (χ2v) is 8.24. The molecule has 138 valence electrons. The third-order valence-electron chi connectivity index (χ3n) is 4.33. The SMILES string of the molecule is COCCn1c(SC[C@@H](O)c2ccccc2)nc2sc(C)c(C)c2c1=O. The largest absolute Gasteiger partial charge is 0.388 e. The number of ether oxygens (including phenoxy) is 1. The Labute approximate surface area is 160 Å². The van der Waals surface area contributed by atoms with Crippen molar-refractivity contribution < 1.29 is 9.84 Å². The van der Waals surface area contributed by atoms with Crippen molar-refractivity contribution in [2.45, 2.75) is 31.7 Å². The van der Waals surface area contributed by atoms with Gasteiger partial charge in [-0.1, -0.05) is 42.1 Å². The standard InChI is InChI=1S/C19H22N2O3S2/c1-12-13(2)26-17-16(12)18(23)21(9-10-24-3)19(20-17)25-11-15(22)14-7-5-4-6-8-14/h4-8,15,22H,9-11H2,1-3H3/t15-/m1/s1. The number of rotatable bonds is 7. The van der Waals surface area contributed by atoms with Gasteiger partial charge in [0, 0.05) is 17.7 Å². The van der Waals surface area contributed by atoms with Gasteiger partial charge < -0.3 is 9.84 Å². The van der Waals surface area contributed by atoms with Gasteiger partial charge in [-0.3, -0.25) is 9.36 Å². The Kier molecular flexibility index (Phi) is 6.13. The molecule has 0 aliphatic heterocycles. The molecule has 3 rings (SSSR count). The Morgan fingerprint density at radius 2 is 2.04 bits per heavy atom. The van der Waals surface area contributed by atoms with E-state index in [0.29, 0.717) is 29.4 Å². The number of thiophene rings is 1. The molecule has 0 fully saturated rings. The number of fused-ring (bicyclic) bond motifs is 1. The Morgan fingerprint density at radius 1 is 1.31 bits per heavy atom. The zero-order chi connectivity index (χ0) is 18.7. The van der Waals surface area contributed by atoms with E-state index in [1.54, 1.807) is 11.7 Å². The number of aliphatic hydroxyl groups is 1. The summed E-state index contributed by atoms with van der Waals surface area (Å²) in [6.07, 6.45) is -0.614. The van der Waals surface area contributed by atoms with Crippen LogP contribution >= 0.6 is 23.1 Å². The van der Waals surface area contributed by atoms with Crippen molar-refractivity contribution in [3.63, 3.8) is 0 Å². The molecule has 3 aromatic rings. The first kappa shape index (κ1) is 19.1. The summed E-state index contributed by atoms with van der Waals surface area (Å²) < 4.78 is 6.81. The van der Waals surface area contributed by atoms with E-state index >= 15 is 0 Å². The number of thioether (sulfide) groups is 1. The maximum Gasteiger partial charge on any atom is 0.263 e. The van der Waals surface area contributed by atoms with Crippen molar-refractivity contribution in [1.82, 2.24) is 9.55 Å². The normalized spacial score (nSPS) is 12.6. The number of hydrogen-bond donors (Lipinski definition) is 1. The van der Waals surface area contributed by atoms with Gasteiger partial charge in [-0.25, -0.2) is 4.98 Å². The van der Waals surface area contributed by atoms with Gasteiger partial charge >= 0.3 is 0 Å². The molecule has 2 aromatic heterocycles. The minimum Gasteiger partial charge on any atom is -0.388 e. The molecule has 7 heteroatoms. The Bertz CT molecular complexity index is 951. The van der Waals surface area contributed by atoms with Gasteiger partial charge in [0.1, 0.15) is 4.83 Å². The number of nitrogens with zero attached hydrogens (tertiary/aromatic N) is 2. The molecule has 0 aliphatic carbocycles. The van der Waals surface area contributed by atoms with Gasteiger partial charge in [0.15, 0.2) is 5.16 Å². The van der Waals surface area contributed by atoms with Crippen molar-refractivity contribution >= 4 is 33.3 Å². The molecule has 0 radical (unpaired) electrons. The number of aromatic nitrogens is 2. The molecule has 5 nitrogen and oxygen atoms in total. The molecular formula is C19H22N2O3S2. The highest BCUT2D eigenvalue weighted by atomic mass is 32.2. The lowest BCUT2D eigenvalue weighted by Crippen LogP contribution is -2.25. The summed E-state index contributed by atoms with van der Waals surface area (Å²) >= 11 is 2.94. The summed E-state index contributed by atoms with van der Waals surface area (Å²) in [5, 5.41) is 11.7. The summed E-state index contributed by atoms with van der Waals surface area (Å²) in [5.41, 5.74) is 1.81. The Morgan fingerprint density at radius 3 is 2.73 bits per heavy atom. The van der Waals surface area contributed by atoms with Crippen LogP contribution in [0.3, 0.4) is 0 Å². The van der Waals surface area contributed by atoms with Crippen molar-refractivity contribution in [1.29, 1.82) is 0 Å². The van der Waals surface area contributed by atoms with Gasteiger partial charge in [-0.2, -0.15) is 0 Å². The van der Waals surface area contributed by atoms with Gasteiger partial charge in [0.2, 0.25) is 0 Å². The maximum absolute atomic E-state index is 13.0. The van der Waals surface area contributed by atoms with Crippen LogP contribution in [0, 0.1) is 13.8 Å². The van der Waals surface area contributed by atoms with E-state index in [9.17, 15) is 9.90 Å². The molecule has 1 aromatic carbocycles. The predicted octanol–water partition coefficient (Wildman–Crippen LogP) is 3.55. The predicted molar refractivity (Wildman–Crippen MR) is 107 cm³/mol. The molecule has 0 spiro atoms. The van der Waals surface area contributed by atoms with Crippen LogP contribution in [0.15, 0.2) is 40.3 Å². The summed E-state index contributed by atoms with van der Waals surface area (Å²) in [4.78, 5) is 19.6. The van der Waals surface area contributed by atoms with E-state index < -0.39 is 6.10 Å². The fourth-order valence-electron chi connectivity index (χ4n) is 2.72. The average Bonchev–Trinajstić information content (AvgIpc) is 2.94. The second kappa shape index (κ2) is 8.35. The van der Waals surface area contributed by atoms with E-state index in [4.69, 9.17) is 9.72 Å². The number of hydrogen-bond acceptors (Lipinski definition) is 6. The highest BCUT2D eigenvalue weighted by Crippen LogP contribution is 2.29. The van der Waals surface area contributed by atoms with Crippen molar-refractivity contribution in [3.8, 4) is 0 Å². The van der Waals surface area contributed by atoms with Crippen LogP contribution in [-0.2, 0) is 11.3 Å². The molecule has 0 unspecified atom stereocenters. The van der Waals surface area contributed by atoms with E-state index in [1.165, 1.54) is 23.1 Å². The van der Waals surface area contributed by atoms with Crippen LogP contribution in [0.1, 0.15) is 22.1 Å². The zero-order valence-corrected chi connectivity index (χ0v) is 16.7. The molecule has 26 heavy (non-hydrogen) atoms. The van der Waals surface area contributed by atoms with Crippen molar-refractivity contribution in [2.75, 3.05) is 19.5 Å². The highest BCUT2D eigenvalue weighted by Gasteiger charge is 2.18. The molecule has 0 amide bonds. The molecule has 0 bridgehead atoms. The van der Waals surface area contributed by atoms with Crippen LogP contribution in [-0.4, -0.2) is 34.1 Å². The number of aryl methyl sites for hydroxylation is 2. The Hall–Kier alpha value is -1.67. The number of benzene rings is 1. The number of aliphatic hydroxyl groups excluding tert-OH is 1. The first-order chi connectivity index (χ1) is 12.5. The summed E-state index contributed by atoms with van der Waals surface area (Å²) in [7, 11) is 1.61. The maximum atomic E-state index is 13.0. The van der Waals surface area contributed by atoms with Crippen LogP contribution in [0.25, 0.3) is 10.2 Å². The first-order valence-corrected chi connectivity index (χ1v) is 10.2. The minimum atomic E-state index is -0.614. The number of methoxy groups -OCH3 is 1. The smallest absolute Gasteiger partial charge is 0.263 e. The Balaban J connectivity index is 1.94. The van der Waals surface area contributed by atoms with E-state index in [0.717, 1.165) is 20.8 Å². The molecule has 1 atom stereocenters. The van der Waals surface area contributed by atoms with Crippen LogP contribution in [0.5, 0.6) is 0 Å². The van der Waals surface area contributed by atoms with Gasteiger partial charge in [0.05, 0.1) is 24.6 Å². The van der Waals surface area contributed by atoms with Crippen LogP contribution < -0.4 is 5.56 Å². The monoisotopic (exact) mass is 390 g/mol. The van der Waals surface area contributed by atoms with Crippen LogP contribution in [0.4, 0.5) is 0 Å². The third-order valence-corrected chi connectivity index (χ3v) is 6.48. The molecule has 0 saturated heterocycles. The summed E-state index contributed by atoms with van der Waals surface area (Å²) in [6, 6.07) is 9.51. The lowest BCUT2D eigenvalue weighted by Gasteiger charge is -2.14. The molecule has 1 N–H and O–H groups in total. The quantitative estimate of drug-likeness (QED) is 0.494. The van der Waals surface area contributed by atoms with E-state index in [1.807, 2.05) is 44.2 Å². The second-order valence-electron chi connectivity index (χ2n) is 6.04. The molecule has 0 aliphatic rings. The topological polar surface area (TPSA) is 64.3 Å². The highest BCUT2D eigenvalue weighted by molar-refractivity contribution is 7.99. The van der Waals surface area contributed by atoms with Crippen molar-refractivity contribution in [2.24, 2.45) is 0 Å². The zero-order valence-electron chi connectivity index (χ0n) is 15.1.